The molecule has 126 valence electrons. The van der Waals surface area contributed by atoms with Crippen molar-refractivity contribution < 1.29 is 9.18 Å². The van der Waals surface area contributed by atoms with E-state index in [4.69, 9.17) is 0 Å². The van der Waals surface area contributed by atoms with Gasteiger partial charge < -0.3 is 5.32 Å². The summed E-state index contributed by atoms with van der Waals surface area (Å²) in [6, 6.07) is 14.5. The largest absolute Gasteiger partial charge is 0.339 e. The summed E-state index contributed by atoms with van der Waals surface area (Å²) >= 11 is 0. The maximum absolute atomic E-state index is 13.2. The van der Waals surface area contributed by atoms with E-state index in [0.717, 1.165) is 16.7 Å². The van der Waals surface area contributed by atoms with Gasteiger partial charge in [-0.15, -0.1) is 0 Å². The summed E-state index contributed by atoms with van der Waals surface area (Å²) in [7, 11) is 0. The van der Waals surface area contributed by atoms with E-state index in [2.05, 4.69) is 16.2 Å². The third kappa shape index (κ3) is 3.80. The molecule has 0 aromatic heterocycles. The Kier molecular flexibility index (Phi) is 4.92. The van der Waals surface area contributed by atoms with Crippen LogP contribution >= 0.6 is 0 Å². The molecule has 2 aromatic rings. The van der Waals surface area contributed by atoms with Crippen molar-refractivity contribution in [2.45, 2.75) is 38.4 Å². The molecule has 1 aliphatic heterocycles. The monoisotopic (exact) mass is 327 g/mol. The molecular weight excluding hydrogens is 305 g/mol. The third-order valence-electron chi connectivity index (χ3n) is 4.38. The first-order valence-corrected chi connectivity index (χ1v) is 8.14. The molecule has 3 rings (SSSR count). The Morgan fingerprint density at radius 3 is 2.62 bits per heavy atom. The first-order valence-electron chi connectivity index (χ1n) is 8.14. The standard InChI is InChI=1S/C19H22FN3O/c1-12-4-3-5-14(10-12)11-17(24)21-19-18(13(2)22-23-19)15-6-8-16(20)9-7-15/h3-10,13,18-19,22-23H,11H2,1-2H3,(H,21,24). The van der Waals surface area contributed by atoms with Crippen LogP contribution in [0.5, 0.6) is 0 Å². The molecule has 3 atom stereocenters. The average Bonchev–Trinajstić information content (AvgIpc) is 2.89. The van der Waals surface area contributed by atoms with Crippen LogP contribution in [0.3, 0.4) is 0 Å². The second-order valence-corrected chi connectivity index (χ2v) is 6.37. The van der Waals surface area contributed by atoms with Crippen LogP contribution in [0, 0.1) is 12.7 Å². The summed E-state index contributed by atoms with van der Waals surface area (Å²) in [6.07, 6.45) is 0.104. The van der Waals surface area contributed by atoms with E-state index in [-0.39, 0.29) is 29.8 Å². The molecule has 3 N–H and O–H groups in total. The summed E-state index contributed by atoms with van der Waals surface area (Å²) < 4.78 is 13.2. The quantitative estimate of drug-likeness (QED) is 0.808. The maximum Gasteiger partial charge on any atom is 0.225 e. The molecule has 0 aliphatic carbocycles. The zero-order chi connectivity index (χ0) is 17.1. The summed E-state index contributed by atoms with van der Waals surface area (Å²) in [5.41, 5.74) is 9.39. The number of amides is 1. The highest BCUT2D eigenvalue weighted by Crippen LogP contribution is 2.26. The predicted octanol–water partition coefficient (Wildman–Crippen LogP) is 2.40. The highest BCUT2D eigenvalue weighted by atomic mass is 19.1. The van der Waals surface area contributed by atoms with Crippen LogP contribution in [-0.4, -0.2) is 18.1 Å². The lowest BCUT2D eigenvalue weighted by Crippen LogP contribution is -2.46. The Bertz CT molecular complexity index is 717. The summed E-state index contributed by atoms with van der Waals surface area (Å²) in [5.74, 6) is -0.265. The molecule has 5 heteroatoms. The number of aryl methyl sites for hydroxylation is 1. The second kappa shape index (κ2) is 7.11. The van der Waals surface area contributed by atoms with Gasteiger partial charge in [0.2, 0.25) is 5.91 Å². The minimum absolute atomic E-state index is 0.0343. The number of nitrogens with one attached hydrogen (secondary N) is 3. The molecule has 1 saturated heterocycles. The smallest absolute Gasteiger partial charge is 0.225 e. The van der Waals surface area contributed by atoms with E-state index < -0.39 is 0 Å². The van der Waals surface area contributed by atoms with Gasteiger partial charge in [0, 0.05) is 12.0 Å². The van der Waals surface area contributed by atoms with Gasteiger partial charge in [0.1, 0.15) is 12.0 Å². The average molecular weight is 327 g/mol. The van der Waals surface area contributed by atoms with E-state index >= 15 is 0 Å². The zero-order valence-corrected chi connectivity index (χ0v) is 13.8. The lowest BCUT2D eigenvalue weighted by atomic mass is 9.91. The molecule has 24 heavy (non-hydrogen) atoms. The van der Waals surface area contributed by atoms with E-state index in [1.54, 1.807) is 12.1 Å². The minimum atomic E-state index is -0.259. The molecule has 0 spiro atoms. The molecule has 0 bridgehead atoms. The van der Waals surface area contributed by atoms with Crippen LogP contribution in [0.2, 0.25) is 0 Å². The molecule has 4 nitrogen and oxygen atoms in total. The highest BCUT2D eigenvalue weighted by Gasteiger charge is 2.35. The summed E-state index contributed by atoms with van der Waals surface area (Å²) in [5, 5.41) is 3.03. The van der Waals surface area contributed by atoms with Gasteiger partial charge in [-0.05, 0) is 37.1 Å². The van der Waals surface area contributed by atoms with E-state index in [9.17, 15) is 9.18 Å². The first kappa shape index (κ1) is 16.6. The van der Waals surface area contributed by atoms with Gasteiger partial charge in [0.05, 0.1) is 6.42 Å². The molecule has 1 amide bonds. The van der Waals surface area contributed by atoms with Gasteiger partial charge in [-0.25, -0.2) is 9.82 Å². The molecule has 1 fully saturated rings. The molecule has 2 aromatic carbocycles. The SMILES string of the molecule is Cc1cccc(CC(=O)NC2NNC(C)C2c2ccc(F)cc2)c1. The van der Waals surface area contributed by atoms with E-state index in [0.29, 0.717) is 6.42 Å². The van der Waals surface area contributed by atoms with Crippen molar-refractivity contribution in [2.24, 2.45) is 0 Å². The molecule has 3 unspecified atom stereocenters. The van der Waals surface area contributed by atoms with Gasteiger partial charge >= 0.3 is 0 Å². The maximum atomic E-state index is 13.2. The van der Waals surface area contributed by atoms with E-state index in [1.165, 1.54) is 12.1 Å². The Morgan fingerprint density at radius 1 is 1.17 bits per heavy atom. The van der Waals surface area contributed by atoms with Crippen molar-refractivity contribution >= 4 is 5.91 Å². The Hall–Kier alpha value is -2.24. The van der Waals surface area contributed by atoms with Crippen LogP contribution in [0.4, 0.5) is 4.39 Å². The number of carbonyl (C=O) groups excluding carboxylic acids is 1. The fourth-order valence-electron chi connectivity index (χ4n) is 3.21. The van der Waals surface area contributed by atoms with Crippen molar-refractivity contribution in [1.29, 1.82) is 0 Å². The number of benzene rings is 2. The molecule has 0 saturated carbocycles. The topological polar surface area (TPSA) is 53.2 Å². The Morgan fingerprint density at radius 2 is 1.92 bits per heavy atom. The number of hydrogen-bond acceptors (Lipinski definition) is 3. The lowest BCUT2D eigenvalue weighted by Gasteiger charge is -2.22. The number of hydrazine groups is 1. The van der Waals surface area contributed by atoms with Gasteiger partial charge in [-0.2, -0.15) is 0 Å². The van der Waals surface area contributed by atoms with Gasteiger partial charge in [0.15, 0.2) is 0 Å². The van der Waals surface area contributed by atoms with Crippen molar-refractivity contribution in [1.82, 2.24) is 16.2 Å². The third-order valence-corrected chi connectivity index (χ3v) is 4.38. The van der Waals surface area contributed by atoms with Crippen LogP contribution in [0.15, 0.2) is 48.5 Å². The normalized spacial score (nSPS) is 23.2. The van der Waals surface area contributed by atoms with Gasteiger partial charge in [-0.3, -0.25) is 10.2 Å². The van der Waals surface area contributed by atoms with Crippen molar-refractivity contribution in [3.63, 3.8) is 0 Å². The number of carbonyl (C=O) groups is 1. The predicted molar refractivity (Wildman–Crippen MR) is 91.7 cm³/mol. The Labute approximate surface area is 141 Å². The molecule has 0 radical (unpaired) electrons. The van der Waals surface area contributed by atoms with Gasteiger partial charge in [-0.1, -0.05) is 42.0 Å². The van der Waals surface area contributed by atoms with Crippen molar-refractivity contribution in [2.75, 3.05) is 0 Å². The minimum Gasteiger partial charge on any atom is -0.339 e. The first-order chi connectivity index (χ1) is 11.5. The molecular formula is C19H22FN3O. The van der Waals surface area contributed by atoms with Crippen LogP contribution < -0.4 is 16.2 Å². The Balaban J connectivity index is 1.68. The summed E-state index contributed by atoms with van der Waals surface area (Å²) in [4.78, 5) is 12.4. The van der Waals surface area contributed by atoms with Crippen LogP contribution in [-0.2, 0) is 11.2 Å². The van der Waals surface area contributed by atoms with Gasteiger partial charge in [0.25, 0.3) is 0 Å². The lowest BCUT2D eigenvalue weighted by molar-refractivity contribution is -0.121. The van der Waals surface area contributed by atoms with E-state index in [1.807, 2.05) is 38.1 Å². The number of halogens is 1. The van der Waals surface area contributed by atoms with Crippen molar-refractivity contribution in [3.05, 3.63) is 71.0 Å². The molecule has 1 aliphatic rings. The fraction of sp³-hybridized carbons (Fsp3) is 0.316. The molecule has 1 heterocycles. The van der Waals surface area contributed by atoms with Crippen LogP contribution in [0.1, 0.15) is 29.5 Å². The number of hydrogen-bond donors (Lipinski definition) is 3. The highest BCUT2D eigenvalue weighted by molar-refractivity contribution is 5.79. The second-order valence-electron chi connectivity index (χ2n) is 6.37. The fourth-order valence-corrected chi connectivity index (χ4v) is 3.21. The zero-order valence-electron chi connectivity index (χ0n) is 13.8. The summed E-state index contributed by atoms with van der Waals surface area (Å²) in [6.45, 7) is 4.05. The number of rotatable bonds is 4. The van der Waals surface area contributed by atoms with Crippen molar-refractivity contribution in [3.8, 4) is 0 Å². The van der Waals surface area contributed by atoms with Crippen LogP contribution in [0.25, 0.3) is 0 Å².